The van der Waals surface area contributed by atoms with Crippen LogP contribution in [0.1, 0.15) is 19.8 Å². The average molecular weight is 213 g/mol. The van der Waals surface area contributed by atoms with E-state index in [4.69, 9.17) is 0 Å². The SMILES string of the molecule is CCC(=O)NCCCN1CCN(C)CC1. The van der Waals surface area contributed by atoms with Crippen molar-refractivity contribution in [3.05, 3.63) is 0 Å². The van der Waals surface area contributed by atoms with E-state index in [0.29, 0.717) is 6.42 Å². The van der Waals surface area contributed by atoms with Gasteiger partial charge in [-0.1, -0.05) is 6.92 Å². The Hall–Kier alpha value is -0.610. The lowest BCUT2D eigenvalue weighted by Gasteiger charge is -2.32. The Morgan fingerprint density at radius 1 is 1.27 bits per heavy atom. The lowest BCUT2D eigenvalue weighted by atomic mass is 10.3. The second-order valence-corrected chi connectivity index (χ2v) is 4.20. The van der Waals surface area contributed by atoms with Crippen LogP contribution in [0.2, 0.25) is 0 Å². The maximum absolute atomic E-state index is 11.0. The summed E-state index contributed by atoms with van der Waals surface area (Å²) in [7, 11) is 2.17. The van der Waals surface area contributed by atoms with Gasteiger partial charge in [0.2, 0.25) is 5.91 Å². The lowest BCUT2D eigenvalue weighted by molar-refractivity contribution is -0.120. The highest BCUT2D eigenvalue weighted by molar-refractivity contribution is 5.75. The maximum Gasteiger partial charge on any atom is 0.219 e. The Balaban J connectivity index is 1.98. The summed E-state index contributed by atoms with van der Waals surface area (Å²) in [4.78, 5) is 15.8. The van der Waals surface area contributed by atoms with Crippen LogP contribution in [0.25, 0.3) is 0 Å². The lowest BCUT2D eigenvalue weighted by Crippen LogP contribution is -2.45. The summed E-state index contributed by atoms with van der Waals surface area (Å²) < 4.78 is 0. The Bertz CT molecular complexity index is 188. The molecular weight excluding hydrogens is 190 g/mol. The highest BCUT2D eigenvalue weighted by atomic mass is 16.1. The molecule has 1 N–H and O–H groups in total. The monoisotopic (exact) mass is 213 g/mol. The number of amides is 1. The van der Waals surface area contributed by atoms with Crippen LogP contribution in [0.4, 0.5) is 0 Å². The number of nitrogens with zero attached hydrogens (tertiary/aromatic N) is 2. The largest absolute Gasteiger partial charge is 0.356 e. The molecule has 1 heterocycles. The van der Waals surface area contributed by atoms with Gasteiger partial charge in [-0.25, -0.2) is 0 Å². The number of carbonyl (C=O) groups is 1. The van der Waals surface area contributed by atoms with Crippen molar-refractivity contribution < 1.29 is 4.79 Å². The van der Waals surface area contributed by atoms with E-state index in [0.717, 1.165) is 32.6 Å². The predicted molar refractivity (Wildman–Crippen MR) is 61.9 cm³/mol. The minimum absolute atomic E-state index is 0.161. The van der Waals surface area contributed by atoms with E-state index < -0.39 is 0 Å². The van der Waals surface area contributed by atoms with Crippen LogP contribution in [0.3, 0.4) is 0 Å². The average Bonchev–Trinajstić information content (AvgIpc) is 2.26. The molecule has 4 nitrogen and oxygen atoms in total. The molecule has 0 radical (unpaired) electrons. The zero-order chi connectivity index (χ0) is 11.1. The van der Waals surface area contributed by atoms with Crippen LogP contribution in [0, 0.1) is 0 Å². The van der Waals surface area contributed by atoms with E-state index >= 15 is 0 Å². The number of piperazine rings is 1. The van der Waals surface area contributed by atoms with Gasteiger partial charge in [0.15, 0.2) is 0 Å². The number of hydrogen-bond acceptors (Lipinski definition) is 3. The summed E-state index contributed by atoms with van der Waals surface area (Å²) in [5.74, 6) is 0.161. The topological polar surface area (TPSA) is 35.6 Å². The van der Waals surface area contributed by atoms with Crippen molar-refractivity contribution >= 4 is 5.91 Å². The Morgan fingerprint density at radius 2 is 1.93 bits per heavy atom. The molecule has 4 heteroatoms. The predicted octanol–water partition coefficient (Wildman–Crippen LogP) is 0.150. The normalized spacial score (nSPS) is 19.1. The molecule has 0 aliphatic carbocycles. The van der Waals surface area contributed by atoms with Crippen molar-refractivity contribution in [1.29, 1.82) is 0 Å². The molecular formula is C11H23N3O. The first-order valence-electron chi connectivity index (χ1n) is 5.90. The van der Waals surface area contributed by atoms with Gasteiger partial charge in [-0.05, 0) is 20.0 Å². The molecule has 1 aliphatic heterocycles. The van der Waals surface area contributed by atoms with Gasteiger partial charge in [-0.3, -0.25) is 4.79 Å². The summed E-state index contributed by atoms with van der Waals surface area (Å²) in [5.41, 5.74) is 0. The molecule has 1 aliphatic rings. The summed E-state index contributed by atoms with van der Waals surface area (Å²) >= 11 is 0. The highest BCUT2D eigenvalue weighted by Gasteiger charge is 2.12. The fourth-order valence-electron chi connectivity index (χ4n) is 1.73. The standard InChI is InChI=1S/C11H23N3O/c1-3-11(15)12-5-4-6-14-9-7-13(2)8-10-14/h3-10H2,1-2H3,(H,12,15). The van der Waals surface area contributed by atoms with Crippen molar-refractivity contribution in [2.45, 2.75) is 19.8 Å². The van der Waals surface area contributed by atoms with E-state index in [9.17, 15) is 4.79 Å². The Morgan fingerprint density at radius 3 is 2.53 bits per heavy atom. The van der Waals surface area contributed by atoms with Crippen LogP contribution in [0.15, 0.2) is 0 Å². The third kappa shape index (κ3) is 5.14. The second kappa shape index (κ2) is 6.80. The van der Waals surface area contributed by atoms with Crippen molar-refractivity contribution in [2.24, 2.45) is 0 Å². The van der Waals surface area contributed by atoms with E-state index in [1.54, 1.807) is 0 Å². The highest BCUT2D eigenvalue weighted by Crippen LogP contribution is 1.99. The van der Waals surface area contributed by atoms with Gasteiger partial charge >= 0.3 is 0 Å². The quantitative estimate of drug-likeness (QED) is 0.660. The minimum atomic E-state index is 0.161. The van der Waals surface area contributed by atoms with E-state index in [1.807, 2.05) is 6.92 Å². The van der Waals surface area contributed by atoms with Crippen molar-refractivity contribution in [1.82, 2.24) is 15.1 Å². The third-order valence-corrected chi connectivity index (χ3v) is 2.89. The van der Waals surface area contributed by atoms with Crippen LogP contribution in [-0.4, -0.2) is 62.0 Å². The van der Waals surface area contributed by atoms with Gasteiger partial charge < -0.3 is 15.1 Å². The first kappa shape index (κ1) is 12.5. The van der Waals surface area contributed by atoms with Gasteiger partial charge in [0.1, 0.15) is 0 Å². The molecule has 88 valence electrons. The number of nitrogens with one attached hydrogen (secondary N) is 1. The second-order valence-electron chi connectivity index (χ2n) is 4.20. The summed E-state index contributed by atoms with van der Waals surface area (Å²) in [6, 6.07) is 0. The number of rotatable bonds is 5. The van der Waals surface area contributed by atoms with Crippen LogP contribution in [-0.2, 0) is 4.79 Å². The van der Waals surface area contributed by atoms with Crippen LogP contribution >= 0.6 is 0 Å². The molecule has 0 saturated carbocycles. The fraction of sp³-hybridized carbons (Fsp3) is 0.909. The van der Waals surface area contributed by atoms with E-state index in [1.165, 1.54) is 13.1 Å². The molecule has 0 spiro atoms. The Kier molecular flexibility index (Phi) is 5.65. The molecule has 0 aromatic carbocycles. The first-order chi connectivity index (χ1) is 7.22. The minimum Gasteiger partial charge on any atom is -0.356 e. The van der Waals surface area contributed by atoms with Crippen molar-refractivity contribution in [3.63, 3.8) is 0 Å². The van der Waals surface area contributed by atoms with Crippen molar-refractivity contribution in [2.75, 3.05) is 46.3 Å². The van der Waals surface area contributed by atoms with Gasteiger partial charge in [-0.15, -0.1) is 0 Å². The molecule has 1 amide bonds. The van der Waals surface area contributed by atoms with Gasteiger partial charge in [-0.2, -0.15) is 0 Å². The van der Waals surface area contributed by atoms with Gasteiger partial charge in [0, 0.05) is 39.1 Å². The molecule has 0 unspecified atom stereocenters. The van der Waals surface area contributed by atoms with Crippen LogP contribution < -0.4 is 5.32 Å². The molecule has 0 atom stereocenters. The van der Waals surface area contributed by atoms with Crippen molar-refractivity contribution in [3.8, 4) is 0 Å². The number of carbonyl (C=O) groups excluding carboxylic acids is 1. The molecule has 1 saturated heterocycles. The zero-order valence-electron chi connectivity index (χ0n) is 9.96. The molecule has 0 bridgehead atoms. The number of hydrogen-bond donors (Lipinski definition) is 1. The number of likely N-dealkylation sites (N-methyl/N-ethyl adjacent to an activating group) is 1. The third-order valence-electron chi connectivity index (χ3n) is 2.89. The molecule has 1 fully saturated rings. The van der Waals surface area contributed by atoms with Crippen LogP contribution in [0.5, 0.6) is 0 Å². The fourth-order valence-corrected chi connectivity index (χ4v) is 1.73. The summed E-state index contributed by atoms with van der Waals surface area (Å²) in [6.45, 7) is 8.48. The maximum atomic E-state index is 11.0. The Labute approximate surface area is 92.6 Å². The molecule has 1 rings (SSSR count). The zero-order valence-corrected chi connectivity index (χ0v) is 9.96. The van der Waals surface area contributed by atoms with E-state index in [-0.39, 0.29) is 5.91 Å². The van der Waals surface area contributed by atoms with E-state index in [2.05, 4.69) is 22.2 Å². The van der Waals surface area contributed by atoms with Gasteiger partial charge in [0.25, 0.3) is 0 Å². The first-order valence-corrected chi connectivity index (χ1v) is 5.90. The summed E-state index contributed by atoms with van der Waals surface area (Å²) in [5, 5.41) is 2.90. The smallest absolute Gasteiger partial charge is 0.219 e. The summed E-state index contributed by atoms with van der Waals surface area (Å²) in [6.07, 6.45) is 1.66. The molecule has 15 heavy (non-hydrogen) atoms. The molecule has 0 aromatic heterocycles. The molecule has 0 aromatic rings. The van der Waals surface area contributed by atoms with Gasteiger partial charge in [0.05, 0.1) is 0 Å².